The maximum absolute atomic E-state index is 14.7. The summed E-state index contributed by atoms with van der Waals surface area (Å²) in [6.45, 7) is 5.66. The van der Waals surface area contributed by atoms with E-state index >= 15 is 0 Å². The molecule has 210 valence electrons. The molecule has 0 radical (unpaired) electrons. The minimum Gasteiger partial charge on any atom is -0.493 e. The fraction of sp³-hybridized carbons (Fsp3) is 0.357. The van der Waals surface area contributed by atoms with Gasteiger partial charge in [0.15, 0.2) is 5.76 Å². The van der Waals surface area contributed by atoms with Gasteiger partial charge in [-0.05, 0) is 56.6 Å². The molecule has 1 saturated heterocycles. The van der Waals surface area contributed by atoms with Crippen LogP contribution >= 0.6 is 0 Å². The van der Waals surface area contributed by atoms with E-state index < -0.39 is 17.8 Å². The summed E-state index contributed by atoms with van der Waals surface area (Å²) in [4.78, 5) is 33.3. The molecule has 1 aromatic carbocycles. The summed E-state index contributed by atoms with van der Waals surface area (Å²) in [5.41, 5.74) is 0.830. The molecule has 4 aromatic rings. The third kappa shape index (κ3) is 6.57. The molecule has 0 unspecified atom stereocenters. The van der Waals surface area contributed by atoms with Gasteiger partial charge in [0.2, 0.25) is 11.7 Å². The first-order valence-electron chi connectivity index (χ1n) is 13.1. The van der Waals surface area contributed by atoms with E-state index in [1.165, 1.54) is 24.9 Å². The van der Waals surface area contributed by atoms with Crippen molar-refractivity contribution in [3.8, 4) is 28.6 Å². The summed E-state index contributed by atoms with van der Waals surface area (Å²) in [6.07, 6.45) is 5.95. The standard InChI is InChI=1S/C28H30FN5O6/c1-19(30-26(35)24-5-2-14-39-24)28(36)34-11-3-9-33(12-13-34)10-4-15-38-21-6-7-22(23(29)17-21)25-31-27(40-32-25)20-8-16-37-18-20/h2,5-8,14,16-19H,3-4,9-13,15H2,1H3,(H,30,35)/t19-/m0/s1. The third-order valence-corrected chi connectivity index (χ3v) is 6.63. The Labute approximate surface area is 229 Å². The van der Waals surface area contributed by atoms with Crippen LogP contribution in [0.15, 0.2) is 68.5 Å². The normalized spacial score (nSPS) is 15.0. The van der Waals surface area contributed by atoms with Gasteiger partial charge >= 0.3 is 0 Å². The van der Waals surface area contributed by atoms with Crippen LogP contribution in [0.1, 0.15) is 30.3 Å². The number of carbonyl (C=O) groups excluding carboxylic acids is 2. The molecule has 5 rings (SSSR count). The van der Waals surface area contributed by atoms with Crippen LogP contribution in [0, 0.1) is 5.82 Å². The number of hydrogen-bond acceptors (Lipinski definition) is 9. The average Bonchev–Trinajstić information content (AvgIpc) is 3.73. The van der Waals surface area contributed by atoms with Gasteiger partial charge in [-0.2, -0.15) is 4.98 Å². The Bertz CT molecular complexity index is 1400. The van der Waals surface area contributed by atoms with E-state index in [0.717, 1.165) is 32.5 Å². The van der Waals surface area contributed by atoms with Crippen molar-refractivity contribution in [1.29, 1.82) is 0 Å². The van der Waals surface area contributed by atoms with Gasteiger partial charge in [0.1, 0.15) is 23.9 Å². The van der Waals surface area contributed by atoms with Gasteiger partial charge in [0.05, 0.1) is 30.3 Å². The molecule has 1 aliphatic rings. The number of furan rings is 2. The molecular weight excluding hydrogens is 521 g/mol. The number of nitrogens with zero attached hydrogens (tertiary/aromatic N) is 4. The van der Waals surface area contributed by atoms with E-state index in [2.05, 4.69) is 20.4 Å². The average molecular weight is 552 g/mol. The summed E-state index contributed by atoms with van der Waals surface area (Å²) >= 11 is 0. The molecule has 1 fully saturated rings. The predicted molar refractivity (Wildman–Crippen MR) is 141 cm³/mol. The van der Waals surface area contributed by atoms with Crippen molar-refractivity contribution < 1.29 is 32.1 Å². The monoisotopic (exact) mass is 551 g/mol. The number of carbonyl (C=O) groups is 2. The molecule has 0 spiro atoms. The van der Waals surface area contributed by atoms with Gasteiger partial charge in [-0.3, -0.25) is 9.59 Å². The fourth-order valence-corrected chi connectivity index (χ4v) is 4.51. The molecule has 4 heterocycles. The van der Waals surface area contributed by atoms with Crippen LogP contribution in [0.5, 0.6) is 5.75 Å². The van der Waals surface area contributed by atoms with E-state index in [1.54, 1.807) is 42.2 Å². The lowest BCUT2D eigenvalue weighted by molar-refractivity contribution is -0.132. The highest BCUT2D eigenvalue weighted by molar-refractivity contribution is 5.95. The summed E-state index contributed by atoms with van der Waals surface area (Å²) in [7, 11) is 0. The van der Waals surface area contributed by atoms with Crippen LogP contribution in [0.3, 0.4) is 0 Å². The lowest BCUT2D eigenvalue weighted by Crippen LogP contribution is -2.48. The second kappa shape index (κ2) is 12.6. The molecule has 0 bridgehead atoms. The van der Waals surface area contributed by atoms with Crippen LogP contribution in [0.25, 0.3) is 22.8 Å². The van der Waals surface area contributed by atoms with Crippen molar-refractivity contribution in [1.82, 2.24) is 25.3 Å². The van der Waals surface area contributed by atoms with Crippen molar-refractivity contribution in [3.63, 3.8) is 0 Å². The van der Waals surface area contributed by atoms with Gasteiger partial charge in [0.25, 0.3) is 11.8 Å². The summed E-state index contributed by atoms with van der Waals surface area (Å²) in [6, 6.07) is 8.76. The van der Waals surface area contributed by atoms with Crippen LogP contribution in [0.4, 0.5) is 4.39 Å². The quantitative estimate of drug-likeness (QED) is 0.292. The van der Waals surface area contributed by atoms with E-state index in [-0.39, 0.29) is 28.9 Å². The fourth-order valence-electron chi connectivity index (χ4n) is 4.51. The van der Waals surface area contributed by atoms with Crippen LogP contribution in [-0.4, -0.2) is 77.1 Å². The highest BCUT2D eigenvalue weighted by Gasteiger charge is 2.25. The molecule has 3 aromatic heterocycles. The number of hydrogen-bond donors (Lipinski definition) is 1. The first-order chi connectivity index (χ1) is 19.5. The Morgan fingerprint density at radius 2 is 2.05 bits per heavy atom. The SMILES string of the molecule is C[C@H](NC(=O)c1ccco1)C(=O)N1CCCN(CCCOc2ccc(-c3noc(-c4ccoc4)n3)c(F)c2)CC1. The predicted octanol–water partition coefficient (Wildman–Crippen LogP) is 3.85. The lowest BCUT2D eigenvalue weighted by Gasteiger charge is -2.25. The second-order valence-corrected chi connectivity index (χ2v) is 9.47. The van der Waals surface area contributed by atoms with Crippen LogP contribution in [-0.2, 0) is 4.79 Å². The van der Waals surface area contributed by atoms with Gasteiger partial charge in [0, 0.05) is 32.2 Å². The Balaban J connectivity index is 1.04. The first-order valence-corrected chi connectivity index (χ1v) is 13.1. The number of halogens is 1. The van der Waals surface area contributed by atoms with Gasteiger partial charge in [-0.25, -0.2) is 4.39 Å². The smallest absolute Gasteiger partial charge is 0.287 e. The van der Waals surface area contributed by atoms with Crippen molar-refractivity contribution >= 4 is 11.8 Å². The van der Waals surface area contributed by atoms with Crippen molar-refractivity contribution in [2.75, 3.05) is 39.3 Å². The summed E-state index contributed by atoms with van der Waals surface area (Å²) < 4.78 is 35.8. The number of ether oxygens (including phenoxy) is 1. The molecular formula is C28H30FN5O6. The maximum atomic E-state index is 14.7. The summed E-state index contributed by atoms with van der Waals surface area (Å²) in [5, 5.41) is 6.55. The summed E-state index contributed by atoms with van der Waals surface area (Å²) in [5.74, 6) is -0.0595. The minimum atomic E-state index is -0.650. The number of amides is 2. The Hall–Kier alpha value is -4.45. The van der Waals surface area contributed by atoms with Crippen LogP contribution in [0.2, 0.25) is 0 Å². The molecule has 2 amide bonds. The van der Waals surface area contributed by atoms with Crippen molar-refractivity contribution in [3.05, 3.63) is 66.8 Å². The number of rotatable bonds is 10. The molecule has 0 aliphatic carbocycles. The highest BCUT2D eigenvalue weighted by Crippen LogP contribution is 2.27. The molecule has 1 aliphatic heterocycles. The number of benzene rings is 1. The molecule has 0 saturated carbocycles. The minimum absolute atomic E-state index is 0.117. The zero-order valence-corrected chi connectivity index (χ0v) is 22.0. The van der Waals surface area contributed by atoms with Gasteiger partial charge in [-0.15, -0.1) is 0 Å². The van der Waals surface area contributed by atoms with E-state index in [0.29, 0.717) is 31.0 Å². The largest absolute Gasteiger partial charge is 0.493 e. The molecule has 1 N–H and O–H groups in total. The zero-order valence-electron chi connectivity index (χ0n) is 22.0. The Morgan fingerprint density at radius 3 is 2.83 bits per heavy atom. The van der Waals surface area contributed by atoms with E-state index in [1.807, 2.05) is 0 Å². The molecule has 40 heavy (non-hydrogen) atoms. The Morgan fingerprint density at radius 1 is 1.15 bits per heavy atom. The van der Waals surface area contributed by atoms with Crippen LogP contribution < -0.4 is 10.1 Å². The van der Waals surface area contributed by atoms with Crippen molar-refractivity contribution in [2.24, 2.45) is 0 Å². The molecule has 12 heteroatoms. The van der Waals surface area contributed by atoms with Gasteiger partial charge in [-0.1, -0.05) is 5.16 Å². The Kier molecular flexibility index (Phi) is 8.55. The van der Waals surface area contributed by atoms with E-state index in [9.17, 15) is 14.0 Å². The second-order valence-electron chi connectivity index (χ2n) is 9.47. The lowest BCUT2D eigenvalue weighted by atomic mass is 10.2. The number of nitrogens with one attached hydrogen (secondary N) is 1. The maximum Gasteiger partial charge on any atom is 0.287 e. The highest BCUT2D eigenvalue weighted by atomic mass is 19.1. The van der Waals surface area contributed by atoms with Gasteiger partial charge < -0.3 is 33.2 Å². The van der Waals surface area contributed by atoms with E-state index in [4.69, 9.17) is 18.1 Å². The molecule has 1 atom stereocenters. The number of aromatic nitrogens is 2. The topological polar surface area (TPSA) is 127 Å². The molecule has 11 nitrogen and oxygen atoms in total. The zero-order chi connectivity index (χ0) is 27.9. The van der Waals surface area contributed by atoms with Crippen molar-refractivity contribution in [2.45, 2.75) is 25.8 Å². The third-order valence-electron chi connectivity index (χ3n) is 6.63. The first kappa shape index (κ1) is 27.1.